The smallest absolute Gasteiger partial charge is 0.246 e. The number of halogens is 3. The molecule has 4 atom stereocenters. The summed E-state index contributed by atoms with van der Waals surface area (Å²) in [5, 5.41) is 11.5. The van der Waals surface area contributed by atoms with Crippen LogP contribution in [0.25, 0.3) is 22.0 Å². The van der Waals surface area contributed by atoms with E-state index in [1.54, 1.807) is 12.1 Å². The lowest BCUT2D eigenvalue weighted by Gasteiger charge is -2.42. The summed E-state index contributed by atoms with van der Waals surface area (Å²) in [4.78, 5) is 23.8. The topological polar surface area (TPSA) is 69.1 Å². The van der Waals surface area contributed by atoms with Crippen molar-refractivity contribution in [2.45, 2.75) is 74.7 Å². The maximum absolute atomic E-state index is 16.8. The summed E-state index contributed by atoms with van der Waals surface area (Å²) in [6.45, 7) is 6.46. The number of alkyl halides is 1. The number of fused-ring (bicyclic) bond motifs is 4. The van der Waals surface area contributed by atoms with Gasteiger partial charge >= 0.3 is 0 Å². The van der Waals surface area contributed by atoms with Crippen LogP contribution in [-0.4, -0.2) is 82.4 Å². The number of anilines is 1. The van der Waals surface area contributed by atoms with Gasteiger partial charge in [-0.1, -0.05) is 24.2 Å². The predicted molar refractivity (Wildman–Crippen MR) is 170 cm³/mol. The normalized spacial score (nSPS) is 27.8. The van der Waals surface area contributed by atoms with E-state index in [4.69, 9.17) is 21.3 Å². The van der Waals surface area contributed by atoms with Crippen LogP contribution in [0.15, 0.2) is 43.0 Å². The summed E-state index contributed by atoms with van der Waals surface area (Å²) in [5.74, 6) is -0.0522. The molecule has 3 aromatic rings. The molecule has 1 N–H and O–H groups in total. The van der Waals surface area contributed by atoms with E-state index in [0.717, 1.165) is 56.3 Å². The van der Waals surface area contributed by atoms with Gasteiger partial charge in [-0.15, -0.1) is 0 Å². The minimum atomic E-state index is -0.881. The first-order valence-corrected chi connectivity index (χ1v) is 16.5. The van der Waals surface area contributed by atoms with E-state index in [2.05, 4.69) is 16.4 Å². The highest BCUT2D eigenvalue weighted by atomic mass is 35.5. The first-order chi connectivity index (χ1) is 21.7. The number of aromatic nitrogens is 1. The van der Waals surface area contributed by atoms with Crippen molar-refractivity contribution in [2.24, 2.45) is 0 Å². The van der Waals surface area contributed by atoms with Gasteiger partial charge in [-0.2, -0.15) is 0 Å². The predicted octanol–water partition coefficient (Wildman–Crippen LogP) is 6.60. The van der Waals surface area contributed by atoms with Crippen LogP contribution < -0.4 is 9.64 Å². The highest BCUT2D eigenvalue weighted by Gasteiger charge is 2.49. The number of pyridine rings is 1. The Hall–Kier alpha value is -3.43. The molecule has 1 saturated carbocycles. The molecule has 1 amide bonds. The standard InChI is InChI=1S/C35H37ClF2N4O3/c1-2-31(44)42-22-6-7-23(42)18-40(17-22)29-14-30(45-19-35-10-3-11-41(35)16-21(37)15-35)39-34-26(29)9-8-25(33(34)38)27-12-24(43)13-28(36)32(27)20-4-5-20/h2,8-9,12-14,20-23,43H,1,3-7,10-11,15-19H2/t21-,22?,23?,35+/m1/s1. The molecule has 5 aliphatic rings. The molecular formula is C35H37ClF2N4O3. The van der Waals surface area contributed by atoms with Gasteiger partial charge in [-0.05, 0) is 86.4 Å². The number of phenolic OH excluding ortho intramolecular Hbond substituents is 1. The van der Waals surface area contributed by atoms with Crippen LogP contribution in [-0.2, 0) is 4.79 Å². The van der Waals surface area contributed by atoms with Gasteiger partial charge in [0.25, 0.3) is 0 Å². The van der Waals surface area contributed by atoms with Crippen molar-refractivity contribution < 1.29 is 23.4 Å². The average molecular weight is 635 g/mol. The lowest BCUT2D eigenvalue weighted by atomic mass is 9.94. The molecule has 1 aromatic heterocycles. The van der Waals surface area contributed by atoms with Crippen molar-refractivity contribution in [3.8, 4) is 22.8 Å². The Morgan fingerprint density at radius 2 is 1.91 bits per heavy atom. The number of hydrogen-bond donors (Lipinski definition) is 1. The second-order valence-corrected chi connectivity index (χ2v) is 14.0. The number of piperazine rings is 1. The van der Waals surface area contributed by atoms with Crippen molar-refractivity contribution in [3.05, 3.63) is 59.4 Å². The highest BCUT2D eigenvalue weighted by Crippen LogP contribution is 2.50. The molecule has 2 aromatic carbocycles. The third-order valence-corrected chi connectivity index (χ3v) is 11.1. The van der Waals surface area contributed by atoms with E-state index >= 15 is 4.39 Å². The molecule has 4 saturated heterocycles. The van der Waals surface area contributed by atoms with Gasteiger partial charge < -0.3 is 19.6 Å². The van der Waals surface area contributed by atoms with Gasteiger partial charge in [-0.3, -0.25) is 9.69 Å². The molecule has 10 heteroatoms. The maximum atomic E-state index is 16.8. The van der Waals surface area contributed by atoms with Crippen LogP contribution in [0.4, 0.5) is 14.5 Å². The molecule has 0 radical (unpaired) electrons. The van der Waals surface area contributed by atoms with Crippen molar-refractivity contribution >= 4 is 34.1 Å². The van der Waals surface area contributed by atoms with E-state index < -0.39 is 12.0 Å². The number of aromatic hydroxyl groups is 1. The number of carbonyl (C=O) groups is 1. The number of nitrogens with zero attached hydrogens (tertiary/aromatic N) is 4. The second-order valence-electron chi connectivity index (χ2n) is 13.6. The fourth-order valence-electron chi connectivity index (χ4n) is 8.60. The average Bonchev–Trinajstić information content (AvgIpc) is 3.63. The zero-order valence-electron chi connectivity index (χ0n) is 25.2. The maximum Gasteiger partial charge on any atom is 0.246 e. The first-order valence-electron chi connectivity index (χ1n) is 16.1. The van der Waals surface area contributed by atoms with E-state index in [0.29, 0.717) is 53.5 Å². The van der Waals surface area contributed by atoms with Crippen LogP contribution in [0.3, 0.4) is 0 Å². The number of carbonyl (C=O) groups excluding carboxylic acids is 1. The molecule has 0 spiro atoms. The van der Waals surface area contributed by atoms with Gasteiger partial charge in [0.15, 0.2) is 5.82 Å². The molecule has 45 heavy (non-hydrogen) atoms. The van der Waals surface area contributed by atoms with Gasteiger partial charge in [0.1, 0.15) is 24.0 Å². The highest BCUT2D eigenvalue weighted by molar-refractivity contribution is 6.32. The van der Waals surface area contributed by atoms with Crippen molar-refractivity contribution in [1.29, 1.82) is 0 Å². The van der Waals surface area contributed by atoms with Crippen molar-refractivity contribution in [1.82, 2.24) is 14.8 Å². The van der Waals surface area contributed by atoms with Crippen LogP contribution in [0.2, 0.25) is 5.02 Å². The molecule has 5 heterocycles. The van der Waals surface area contributed by atoms with Gasteiger partial charge in [0.05, 0.1) is 11.2 Å². The summed E-state index contributed by atoms with van der Waals surface area (Å²) in [6, 6.07) is 8.69. The fraction of sp³-hybridized carbons (Fsp3) is 0.486. The Labute approximate surface area is 266 Å². The van der Waals surface area contributed by atoms with E-state index in [9.17, 15) is 14.3 Å². The van der Waals surface area contributed by atoms with Gasteiger partial charge in [0, 0.05) is 60.2 Å². The molecule has 236 valence electrons. The van der Waals surface area contributed by atoms with Crippen LogP contribution in [0, 0.1) is 5.82 Å². The van der Waals surface area contributed by atoms with Crippen LogP contribution in [0.5, 0.6) is 11.6 Å². The van der Waals surface area contributed by atoms with E-state index in [1.807, 2.05) is 17.0 Å². The fourth-order valence-corrected chi connectivity index (χ4v) is 8.96. The molecule has 1 aliphatic carbocycles. The zero-order valence-corrected chi connectivity index (χ0v) is 25.9. The Morgan fingerprint density at radius 1 is 1.13 bits per heavy atom. The SMILES string of the molecule is C=CC(=O)N1C2CCC1CN(c1cc(OC[C@@]34CCCN3C[C@H](F)C4)nc3c(F)c(-c4cc(O)cc(Cl)c4C4CC4)ccc13)C2. The number of amides is 1. The molecule has 4 aliphatic heterocycles. The summed E-state index contributed by atoms with van der Waals surface area (Å²) >= 11 is 6.59. The Balaban J connectivity index is 1.22. The molecule has 8 rings (SSSR count). The number of phenols is 1. The summed E-state index contributed by atoms with van der Waals surface area (Å²) in [6.07, 6.45) is 6.51. The molecule has 5 fully saturated rings. The second kappa shape index (κ2) is 10.8. The quantitative estimate of drug-likeness (QED) is 0.296. The third kappa shape index (κ3) is 4.85. The number of rotatable bonds is 7. The lowest BCUT2D eigenvalue weighted by Crippen LogP contribution is -2.55. The number of ether oxygens (including phenoxy) is 1. The number of benzene rings is 2. The molecule has 7 nitrogen and oxygen atoms in total. The minimum absolute atomic E-state index is 0.0184. The van der Waals surface area contributed by atoms with E-state index in [1.165, 1.54) is 12.1 Å². The van der Waals surface area contributed by atoms with Crippen molar-refractivity contribution in [2.75, 3.05) is 37.7 Å². The summed E-state index contributed by atoms with van der Waals surface area (Å²) < 4.78 is 37.7. The number of hydrogen-bond acceptors (Lipinski definition) is 6. The van der Waals surface area contributed by atoms with Crippen molar-refractivity contribution in [3.63, 3.8) is 0 Å². The van der Waals surface area contributed by atoms with Crippen LogP contribution in [0.1, 0.15) is 56.4 Å². The van der Waals surface area contributed by atoms with Gasteiger partial charge in [0.2, 0.25) is 11.8 Å². The largest absolute Gasteiger partial charge is 0.508 e. The molecule has 2 bridgehead atoms. The Kier molecular flexibility index (Phi) is 6.98. The first kappa shape index (κ1) is 29.0. The summed E-state index contributed by atoms with van der Waals surface area (Å²) in [5.41, 5.74) is 2.36. The summed E-state index contributed by atoms with van der Waals surface area (Å²) in [7, 11) is 0. The Morgan fingerprint density at radius 3 is 2.64 bits per heavy atom. The minimum Gasteiger partial charge on any atom is -0.508 e. The monoisotopic (exact) mass is 634 g/mol. The molecule has 2 unspecified atom stereocenters. The third-order valence-electron chi connectivity index (χ3n) is 10.8. The van der Waals surface area contributed by atoms with Gasteiger partial charge in [-0.25, -0.2) is 13.8 Å². The zero-order chi connectivity index (χ0) is 31.0. The Bertz CT molecular complexity index is 1700. The van der Waals surface area contributed by atoms with E-state index in [-0.39, 0.29) is 47.3 Å². The lowest BCUT2D eigenvalue weighted by molar-refractivity contribution is -0.129. The van der Waals surface area contributed by atoms with Crippen LogP contribution >= 0.6 is 11.6 Å². The molecular weight excluding hydrogens is 598 g/mol.